The second-order valence-electron chi connectivity index (χ2n) is 14.7. The van der Waals surface area contributed by atoms with Crippen molar-refractivity contribution in [1.82, 2.24) is 25.3 Å². The lowest BCUT2D eigenvalue weighted by Gasteiger charge is -2.41. The number of ether oxygens (including phenoxy) is 1. The Morgan fingerprint density at radius 2 is 1.54 bits per heavy atom. The van der Waals surface area contributed by atoms with Crippen molar-refractivity contribution in [3.63, 3.8) is 0 Å². The SMILES string of the molecule is CCC[C@H](NC(=O)[C@@H]1CCCN1C(=O)/C(C)=C/[C@H](C(C)C)N(C)C(=O)[C@@H](NC(=O)[C@H]1CCCCN1C(C)C)C(C)(C)C)C(=O)OC. The lowest BCUT2D eigenvalue weighted by molar-refractivity contribution is -0.146. The number of carbonyl (C=O) groups is 5. The maximum absolute atomic E-state index is 14.1. The van der Waals surface area contributed by atoms with Crippen molar-refractivity contribution in [2.45, 2.75) is 144 Å². The molecule has 2 rings (SSSR count). The Balaban J connectivity index is 2.26. The molecule has 0 bridgehead atoms. The van der Waals surface area contributed by atoms with Gasteiger partial charge in [-0.1, -0.05) is 60.5 Å². The highest BCUT2D eigenvalue weighted by Gasteiger charge is 2.41. The van der Waals surface area contributed by atoms with Crippen LogP contribution in [0.1, 0.15) is 107 Å². The molecule has 0 aliphatic carbocycles. The fourth-order valence-corrected chi connectivity index (χ4v) is 6.63. The largest absolute Gasteiger partial charge is 0.467 e. The topological polar surface area (TPSA) is 128 Å². The molecule has 0 spiro atoms. The van der Waals surface area contributed by atoms with E-state index in [-0.39, 0.29) is 41.6 Å². The van der Waals surface area contributed by atoms with Crippen LogP contribution >= 0.6 is 0 Å². The van der Waals surface area contributed by atoms with E-state index in [2.05, 4.69) is 29.4 Å². The van der Waals surface area contributed by atoms with Gasteiger partial charge in [-0.25, -0.2) is 4.79 Å². The summed E-state index contributed by atoms with van der Waals surface area (Å²) >= 11 is 0. The van der Waals surface area contributed by atoms with Crippen LogP contribution < -0.4 is 10.6 Å². The van der Waals surface area contributed by atoms with Crippen LogP contribution in [0.5, 0.6) is 0 Å². The van der Waals surface area contributed by atoms with E-state index in [0.29, 0.717) is 37.8 Å². The first-order valence-corrected chi connectivity index (χ1v) is 17.2. The van der Waals surface area contributed by atoms with Crippen LogP contribution in [0.4, 0.5) is 0 Å². The molecule has 5 atom stereocenters. The summed E-state index contributed by atoms with van der Waals surface area (Å²) in [6.07, 6.45) is 6.91. The minimum absolute atomic E-state index is 0.0321. The van der Waals surface area contributed by atoms with Gasteiger partial charge in [0.1, 0.15) is 18.1 Å². The third-order valence-corrected chi connectivity index (χ3v) is 9.34. The Hall–Kier alpha value is -2.95. The first-order chi connectivity index (χ1) is 21.5. The van der Waals surface area contributed by atoms with Crippen molar-refractivity contribution in [2.75, 3.05) is 27.2 Å². The second-order valence-corrected chi connectivity index (χ2v) is 14.7. The Labute approximate surface area is 277 Å². The molecule has 2 fully saturated rings. The van der Waals surface area contributed by atoms with Crippen molar-refractivity contribution in [3.05, 3.63) is 11.6 Å². The highest BCUT2D eigenvalue weighted by atomic mass is 16.5. The number of nitrogens with one attached hydrogen (secondary N) is 2. The summed E-state index contributed by atoms with van der Waals surface area (Å²) in [7, 11) is 3.01. The van der Waals surface area contributed by atoms with Crippen LogP contribution in [0.3, 0.4) is 0 Å². The van der Waals surface area contributed by atoms with Gasteiger partial charge in [0.25, 0.3) is 0 Å². The Bertz CT molecular complexity index is 1110. The van der Waals surface area contributed by atoms with Crippen LogP contribution in [-0.2, 0) is 28.7 Å². The zero-order valence-corrected chi connectivity index (χ0v) is 30.3. The fourth-order valence-electron chi connectivity index (χ4n) is 6.63. The number of nitrogens with zero attached hydrogens (tertiary/aromatic N) is 3. The smallest absolute Gasteiger partial charge is 0.328 e. The molecule has 2 heterocycles. The van der Waals surface area contributed by atoms with E-state index in [1.165, 1.54) is 7.11 Å². The van der Waals surface area contributed by atoms with Gasteiger partial charge in [-0.3, -0.25) is 24.1 Å². The Morgan fingerprint density at radius 1 is 0.935 bits per heavy atom. The molecule has 0 aromatic rings. The minimum Gasteiger partial charge on any atom is -0.467 e. The van der Waals surface area contributed by atoms with Gasteiger partial charge < -0.3 is 25.2 Å². The molecule has 0 unspecified atom stereocenters. The lowest BCUT2D eigenvalue weighted by atomic mass is 9.84. The van der Waals surface area contributed by atoms with Gasteiger partial charge in [-0.05, 0) is 70.8 Å². The minimum atomic E-state index is -0.760. The number of esters is 1. The van der Waals surface area contributed by atoms with Crippen LogP contribution in [0.15, 0.2) is 11.6 Å². The van der Waals surface area contributed by atoms with Crippen molar-refractivity contribution in [3.8, 4) is 0 Å². The number of methoxy groups -OCH3 is 1. The maximum Gasteiger partial charge on any atom is 0.328 e. The molecule has 0 aromatic carbocycles. The van der Waals surface area contributed by atoms with E-state index in [4.69, 9.17) is 4.74 Å². The molecular weight excluding hydrogens is 586 g/mol. The monoisotopic (exact) mass is 647 g/mol. The highest BCUT2D eigenvalue weighted by Crippen LogP contribution is 2.27. The number of carbonyl (C=O) groups excluding carboxylic acids is 5. The van der Waals surface area contributed by atoms with E-state index in [0.717, 1.165) is 25.8 Å². The van der Waals surface area contributed by atoms with Crippen molar-refractivity contribution in [1.29, 1.82) is 0 Å². The van der Waals surface area contributed by atoms with E-state index in [1.54, 1.807) is 29.8 Å². The summed E-state index contributed by atoms with van der Waals surface area (Å²) in [5.41, 5.74) is -0.119. The molecule has 0 aromatic heterocycles. The summed E-state index contributed by atoms with van der Waals surface area (Å²) in [4.78, 5) is 72.3. The standard InChI is InChI=1S/C35H61N5O6/c1-12-16-25(34(45)46-11)36-30(41)27-18-15-20-40(27)32(43)24(6)21-28(22(2)3)38(10)33(44)29(35(7,8)9)37-31(42)26-17-13-14-19-39(26)23(4)5/h21-23,25-29H,12-20H2,1-11H3,(H,36,41)(H,37,42)/b24-21+/t25-,26+,27-,28+,29+/m0/s1. The average molecular weight is 648 g/mol. The Kier molecular flexibility index (Phi) is 14.7. The number of hydrogen-bond acceptors (Lipinski definition) is 7. The average Bonchev–Trinajstić information content (AvgIpc) is 3.50. The van der Waals surface area contributed by atoms with Crippen molar-refractivity contribution >= 4 is 29.6 Å². The lowest BCUT2D eigenvalue weighted by Crippen LogP contribution is -2.60. The molecule has 2 N–H and O–H groups in total. The molecule has 0 radical (unpaired) electrons. The van der Waals surface area contributed by atoms with E-state index >= 15 is 0 Å². The predicted molar refractivity (Wildman–Crippen MR) is 180 cm³/mol. The van der Waals surface area contributed by atoms with Crippen LogP contribution in [0.2, 0.25) is 0 Å². The number of rotatable bonds is 13. The van der Waals surface area contributed by atoms with Gasteiger partial charge in [-0.2, -0.15) is 0 Å². The molecule has 2 saturated heterocycles. The first kappa shape index (κ1) is 39.2. The normalized spacial score (nSPS) is 21.5. The quantitative estimate of drug-likeness (QED) is 0.231. The summed E-state index contributed by atoms with van der Waals surface area (Å²) in [5, 5.41) is 5.90. The van der Waals surface area contributed by atoms with Gasteiger partial charge in [0.2, 0.25) is 23.6 Å². The van der Waals surface area contributed by atoms with Gasteiger partial charge in [0.15, 0.2) is 0 Å². The van der Waals surface area contributed by atoms with Gasteiger partial charge >= 0.3 is 5.97 Å². The Morgan fingerprint density at radius 3 is 2.09 bits per heavy atom. The van der Waals surface area contributed by atoms with Crippen LogP contribution in [0.25, 0.3) is 0 Å². The molecule has 11 nitrogen and oxygen atoms in total. The number of amides is 4. The number of likely N-dealkylation sites (tertiary alicyclic amines) is 2. The number of hydrogen-bond donors (Lipinski definition) is 2. The zero-order valence-electron chi connectivity index (χ0n) is 30.3. The van der Waals surface area contributed by atoms with Crippen LogP contribution in [0, 0.1) is 11.3 Å². The third-order valence-electron chi connectivity index (χ3n) is 9.34. The fraction of sp³-hybridized carbons (Fsp3) is 0.800. The number of piperidine rings is 1. The van der Waals surface area contributed by atoms with Crippen molar-refractivity contribution in [2.24, 2.45) is 11.3 Å². The molecule has 2 aliphatic heterocycles. The number of likely N-dealkylation sites (N-methyl/N-ethyl adjacent to an activating group) is 1. The molecule has 262 valence electrons. The second kappa shape index (κ2) is 17.3. The van der Waals surface area contributed by atoms with Crippen molar-refractivity contribution < 1.29 is 28.7 Å². The molecule has 0 saturated carbocycles. The zero-order chi connectivity index (χ0) is 34.9. The summed E-state index contributed by atoms with van der Waals surface area (Å²) < 4.78 is 4.85. The first-order valence-electron chi connectivity index (χ1n) is 17.2. The van der Waals surface area contributed by atoms with E-state index < -0.39 is 35.6 Å². The summed E-state index contributed by atoms with van der Waals surface area (Å²) in [6, 6.07) is -2.68. The summed E-state index contributed by atoms with van der Waals surface area (Å²) in [5.74, 6) is -1.52. The van der Waals surface area contributed by atoms with Gasteiger partial charge in [0, 0.05) is 25.2 Å². The molecule has 4 amide bonds. The molecule has 2 aliphatic rings. The molecule has 11 heteroatoms. The third kappa shape index (κ3) is 10.0. The van der Waals surface area contributed by atoms with Gasteiger partial charge in [0.05, 0.1) is 19.2 Å². The molecule has 46 heavy (non-hydrogen) atoms. The summed E-state index contributed by atoms with van der Waals surface area (Å²) in [6.45, 7) is 18.9. The van der Waals surface area contributed by atoms with Crippen LogP contribution in [-0.4, -0.2) is 108 Å². The highest BCUT2D eigenvalue weighted by molar-refractivity contribution is 5.98. The van der Waals surface area contributed by atoms with E-state index in [1.807, 2.05) is 41.5 Å². The maximum atomic E-state index is 14.1. The molecular formula is C35H61N5O6. The predicted octanol–water partition coefficient (Wildman–Crippen LogP) is 3.66. The van der Waals surface area contributed by atoms with E-state index in [9.17, 15) is 24.0 Å². The van der Waals surface area contributed by atoms with Gasteiger partial charge in [-0.15, -0.1) is 0 Å².